The van der Waals surface area contributed by atoms with Gasteiger partial charge in [0.15, 0.2) is 0 Å². The zero-order valence-electron chi connectivity index (χ0n) is 17.0. The van der Waals surface area contributed by atoms with Gasteiger partial charge in [0.05, 0.1) is 18.6 Å². The molecule has 0 saturated carbocycles. The number of aromatic nitrogens is 2. The summed E-state index contributed by atoms with van der Waals surface area (Å²) in [4.78, 5) is 25.2. The molecule has 150 valence electrons. The number of hydrogen-bond acceptors (Lipinski definition) is 3. The van der Waals surface area contributed by atoms with Crippen LogP contribution in [0.25, 0.3) is 10.8 Å². The second kappa shape index (κ2) is 7.67. The number of H-pyrrole nitrogens is 1. The Kier molecular flexibility index (Phi) is 4.71. The average molecular weight is 396 g/mol. The zero-order valence-corrected chi connectivity index (χ0v) is 17.0. The minimum atomic E-state index is 0.0858. The number of anilines is 1. The third kappa shape index (κ3) is 3.43. The van der Waals surface area contributed by atoms with Gasteiger partial charge in [0.25, 0.3) is 5.91 Å². The number of amides is 1. The second-order valence-corrected chi connectivity index (χ2v) is 7.88. The van der Waals surface area contributed by atoms with Gasteiger partial charge in [-0.2, -0.15) is 0 Å². The van der Waals surface area contributed by atoms with Gasteiger partial charge in [-0.15, -0.1) is 0 Å². The molecule has 30 heavy (non-hydrogen) atoms. The SMILES string of the molecule is Cc1ccc2c(c1)CN(C(=O)c1cccc3ccccc13)CCN2Cc1cnc[nH]1. The minimum Gasteiger partial charge on any atom is -0.364 e. The van der Waals surface area contributed by atoms with Gasteiger partial charge >= 0.3 is 0 Å². The summed E-state index contributed by atoms with van der Waals surface area (Å²) >= 11 is 0. The number of carbonyl (C=O) groups excluding carboxylic acids is 1. The highest BCUT2D eigenvalue weighted by Gasteiger charge is 2.25. The number of carbonyl (C=O) groups is 1. The maximum absolute atomic E-state index is 13.6. The molecule has 1 aromatic heterocycles. The molecule has 1 aliphatic heterocycles. The Hall–Kier alpha value is -3.60. The van der Waals surface area contributed by atoms with E-state index in [4.69, 9.17) is 0 Å². The molecule has 0 bridgehead atoms. The van der Waals surface area contributed by atoms with Crippen molar-refractivity contribution in [3.8, 4) is 0 Å². The normalized spacial score (nSPS) is 13.9. The van der Waals surface area contributed by atoms with Crippen LogP contribution in [0.2, 0.25) is 0 Å². The molecule has 5 nitrogen and oxygen atoms in total. The third-order valence-electron chi connectivity index (χ3n) is 5.80. The number of benzene rings is 3. The second-order valence-electron chi connectivity index (χ2n) is 7.88. The van der Waals surface area contributed by atoms with Gasteiger partial charge in [0.1, 0.15) is 0 Å². The van der Waals surface area contributed by atoms with Crippen LogP contribution in [-0.2, 0) is 13.1 Å². The fourth-order valence-electron chi connectivity index (χ4n) is 4.29. The van der Waals surface area contributed by atoms with Crippen molar-refractivity contribution < 1.29 is 4.79 Å². The van der Waals surface area contributed by atoms with Gasteiger partial charge in [-0.25, -0.2) is 4.98 Å². The van der Waals surface area contributed by atoms with E-state index in [1.54, 1.807) is 6.33 Å². The molecule has 2 heterocycles. The number of imidazole rings is 1. The topological polar surface area (TPSA) is 52.2 Å². The van der Waals surface area contributed by atoms with Gasteiger partial charge in [-0.3, -0.25) is 4.79 Å². The van der Waals surface area contributed by atoms with E-state index in [0.29, 0.717) is 13.1 Å². The highest BCUT2D eigenvalue weighted by atomic mass is 16.2. The van der Waals surface area contributed by atoms with Crippen LogP contribution in [0.15, 0.2) is 73.2 Å². The number of hydrogen-bond donors (Lipinski definition) is 1. The predicted octanol–water partition coefficient (Wildman–Crippen LogP) is 4.53. The molecule has 1 amide bonds. The van der Waals surface area contributed by atoms with E-state index >= 15 is 0 Å². The molecular formula is C25H24N4O. The number of rotatable bonds is 3. The molecule has 5 rings (SSSR count). The molecule has 4 aromatic rings. The van der Waals surface area contributed by atoms with Gasteiger partial charge in [0.2, 0.25) is 0 Å². The predicted molar refractivity (Wildman–Crippen MR) is 120 cm³/mol. The lowest BCUT2D eigenvalue weighted by molar-refractivity contribution is 0.0753. The highest BCUT2D eigenvalue weighted by molar-refractivity contribution is 6.07. The number of nitrogens with one attached hydrogen (secondary N) is 1. The Morgan fingerprint density at radius 3 is 2.80 bits per heavy atom. The maximum atomic E-state index is 13.6. The maximum Gasteiger partial charge on any atom is 0.254 e. The van der Waals surface area contributed by atoms with Crippen molar-refractivity contribution in [3.63, 3.8) is 0 Å². The number of fused-ring (bicyclic) bond motifs is 2. The summed E-state index contributed by atoms with van der Waals surface area (Å²) < 4.78 is 0. The Bertz CT molecular complexity index is 1190. The molecule has 1 aliphatic rings. The molecular weight excluding hydrogens is 372 g/mol. The summed E-state index contributed by atoms with van der Waals surface area (Å²) in [6, 6.07) is 20.6. The Labute approximate surface area is 176 Å². The van der Waals surface area contributed by atoms with E-state index in [-0.39, 0.29) is 5.91 Å². The van der Waals surface area contributed by atoms with Crippen molar-refractivity contribution in [2.45, 2.75) is 20.0 Å². The quantitative estimate of drug-likeness (QED) is 0.553. The van der Waals surface area contributed by atoms with Gasteiger partial charge in [0, 0.05) is 37.1 Å². The molecule has 0 aliphatic carbocycles. The van der Waals surface area contributed by atoms with Crippen molar-refractivity contribution in [2.75, 3.05) is 18.0 Å². The van der Waals surface area contributed by atoms with E-state index in [0.717, 1.165) is 35.1 Å². The van der Waals surface area contributed by atoms with Crippen LogP contribution in [-0.4, -0.2) is 33.9 Å². The van der Waals surface area contributed by atoms with Gasteiger partial charge < -0.3 is 14.8 Å². The minimum absolute atomic E-state index is 0.0858. The van der Waals surface area contributed by atoms with Crippen LogP contribution >= 0.6 is 0 Å². The monoisotopic (exact) mass is 396 g/mol. The molecule has 0 spiro atoms. The summed E-state index contributed by atoms with van der Waals surface area (Å²) in [6.07, 6.45) is 3.57. The van der Waals surface area contributed by atoms with Gasteiger partial charge in [-0.05, 0) is 35.4 Å². The number of aromatic amines is 1. The zero-order chi connectivity index (χ0) is 20.5. The van der Waals surface area contributed by atoms with Crippen LogP contribution in [0.5, 0.6) is 0 Å². The van der Waals surface area contributed by atoms with E-state index < -0.39 is 0 Å². The van der Waals surface area contributed by atoms with Crippen LogP contribution in [0.4, 0.5) is 5.69 Å². The van der Waals surface area contributed by atoms with Crippen molar-refractivity contribution in [3.05, 3.63) is 95.6 Å². The summed E-state index contributed by atoms with van der Waals surface area (Å²) in [7, 11) is 0. The van der Waals surface area contributed by atoms with Crippen LogP contribution in [0.1, 0.15) is 27.2 Å². The van der Waals surface area contributed by atoms with E-state index in [1.807, 2.05) is 41.4 Å². The smallest absolute Gasteiger partial charge is 0.254 e. The molecule has 3 aromatic carbocycles. The molecule has 5 heteroatoms. The fraction of sp³-hybridized carbons (Fsp3) is 0.200. The highest BCUT2D eigenvalue weighted by Crippen LogP contribution is 2.29. The molecule has 0 unspecified atom stereocenters. The van der Waals surface area contributed by atoms with Crippen LogP contribution in [0, 0.1) is 6.92 Å². The molecule has 0 radical (unpaired) electrons. The first-order chi connectivity index (χ1) is 14.7. The van der Waals surface area contributed by atoms with Gasteiger partial charge in [-0.1, -0.05) is 54.1 Å². The first kappa shape index (κ1) is 18.4. The Balaban J connectivity index is 1.50. The van der Waals surface area contributed by atoms with E-state index in [1.165, 1.54) is 16.8 Å². The van der Waals surface area contributed by atoms with E-state index in [2.05, 4.69) is 52.1 Å². The first-order valence-electron chi connectivity index (χ1n) is 10.3. The molecule has 0 fully saturated rings. The fourth-order valence-corrected chi connectivity index (χ4v) is 4.29. The lowest BCUT2D eigenvalue weighted by Gasteiger charge is -2.24. The van der Waals surface area contributed by atoms with Crippen molar-refractivity contribution in [2.24, 2.45) is 0 Å². The van der Waals surface area contributed by atoms with Crippen molar-refractivity contribution in [1.29, 1.82) is 0 Å². The number of aryl methyl sites for hydroxylation is 1. The van der Waals surface area contributed by atoms with Crippen molar-refractivity contribution in [1.82, 2.24) is 14.9 Å². The number of nitrogens with zero attached hydrogens (tertiary/aromatic N) is 3. The third-order valence-corrected chi connectivity index (χ3v) is 5.80. The summed E-state index contributed by atoms with van der Waals surface area (Å²) in [6.45, 7) is 4.89. The Morgan fingerprint density at radius 2 is 1.93 bits per heavy atom. The lowest BCUT2D eigenvalue weighted by Crippen LogP contribution is -2.35. The largest absolute Gasteiger partial charge is 0.364 e. The summed E-state index contributed by atoms with van der Waals surface area (Å²) in [5.41, 5.74) is 5.40. The van der Waals surface area contributed by atoms with Crippen molar-refractivity contribution >= 4 is 22.4 Å². The molecule has 0 atom stereocenters. The lowest BCUT2D eigenvalue weighted by atomic mass is 10.0. The average Bonchev–Trinajstić information content (AvgIpc) is 3.21. The molecule has 0 saturated heterocycles. The summed E-state index contributed by atoms with van der Waals surface area (Å²) in [5, 5.41) is 2.10. The van der Waals surface area contributed by atoms with Crippen LogP contribution < -0.4 is 4.90 Å². The summed E-state index contributed by atoms with van der Waals surface area (Å²) in [5.74, 6) is 0.0858. The van der Waals surface area contributed by atoms with Crippen LogP contribution in [0.3, 0.4) is 0 Å². The standard InChI is InChI=1S/C25H24N4O/c1-18-9-10-24-20(13-18)15-29(12-11-28(24)16-21-14-26-17-27-21)25(30)23-8-4-6-19-5-2-3-7-22(19)23/h2-10,13-14,17H,11-12,15-16H2,1H3,(H,26,27). The van der Waals surface area contributed by atoms with E-state index in [9.17, 15) is 4.79 Å². The molecule has 1 N–H and O–H groups in total. The Morgan fingerprint density at radius 1 is 1.07 bits per heavy atom. The first-order valence-corrected chi connectivity index (χ1v) is 10.3.